The molecule has 0 aromatic carbocycles. The van der Waals surface area contributed by atoms with Gasteiger partial charge >= 0.3 is 29.0 Å². The third-order valence-electron chi connectivity index (χ3n) is 9.27. The van der Waals surface area contributed by atoms with Crippen molar-refractivity contribution in [2.45, 2.75) is 95.9 Å². The predicted molar refractivity (Wildman–Crippen MR) is 182 cm³/mol. The van der Waals surface area contributed by atoms with Crippen LogP contribution in [0.2, 0.25) is 0 Å². The maximum absolute atomic E-state index is 11.6. The molecule has 45 heavy (non-hydrogen) atoms. The fourth-order valence-corrected chi connectivity index (χ4v) is 7.59. The van der Waals surface area contributed by atoms with E-state index in [1.165, 1.54) is 0 Å². The molecule has 5 heterocycles. The number of fused-ring (bicyclic) bond motifs is 8. The van der Waals surface area contributed by atoms with E-state index in [9.17, 15) is 19.8 Å². The van der Waals surface area contributed by atoms with E-state index in [2.05, 4.69) is 32.9 Å². The number of hydrogen-bond acceptors (Lipinski definition) is 4. The number of aliphatic carboxylic acids is 2. The summed E-state index contributed by atoms with van der Waals surface area (Å²) < 4.78 is 0. The summed E-state index contributed by atoms with van der Waals surface area (Å²) in [7, 11) is 0. The fourth-order valence-electron chi connectivity index (χ4n) is 6.90. The van der Waals surface area contributed by atoms with Crippen molar-refractivity contribution in [1.29, 1.82) is 0 Å². The minimum atomic E-state index is -0.876. The van der Waals surface area contributed by atoms with Crippen LogP contribution in [-0.4, -0.2) is 50.8 Å². The van der Waals surface area contributed by atoms with Gasteiger partial charge in [-0.3, -0.25) is 9.59 Å². The molecule has 4 aliphatic rings. The molecule has 0 aliphatic carbocycles. The van der Waals surface area contributed by atoms with Crippen molar-refractivity contribution in [3.63, 3.8) is 0 Å². The van der Waals surface area contributed by atoms with Crippen molar-refractivity contribution in [1.82, 2.24) is 4.98 Å². The molecule has 4 aliphatic heterocycles. The molecule has 0 unspecified atom stereocenters. The SMILES string of the molecule is CC1=C([C@H](C)S)[C@@H]2/C=C3/[N-][C@H](/C=c4\[n-]/c(c(CCC(=O)O)c4C)=C\[C@H]4[N-]C(=C(C)[C@@H]4CCC(=O)O)/C=C/1[N-]2)C([C@H](C)S)=C3C.[Fe+4]. The molecule has 8 nitrogen and oxygen atoms in total. The zero-order valence-electron chi connectivity index (χ0n) is 26.3. The fraction of sp³-hybridized carbons (Fsp3) is 0.471. The third kappa shape index (κ3) is 7.02. The molecule has 8 bridgehead atoms. The zero-order valence-corrected chi connectivity index (χ0v) is 29.2. The van der Waals surface area contributed by atoms with E-state index in [0.717, 1.165) is 61.4 Å². The summed E-state index contributed by atoms with van der Waals surface area (Å²) in [5, 5.41) is 35.8. The number of hydrogen-bond donors (Lipinski definition) is 4. The Bertz CT molecular complexity index is 1680. The standard InChI is InChI=1S/C34H40N4O4S2.Fe/c1-15-21(7-9-31(39)40)27-14-28-22(8-10-32(41)42)16(2)24(36-28)12-29-34(20(6)44)18(4)26(38-29)13-30-33(19(5)43)17(3)25(37-30)11-23(15)35-27;/h11-14,19-21,27,29-30,43-44H,7-10H2,1-6H3,(H,39,40)(H,41,42);/q-4;+4/b24-12-,25-11-,26-13+,28-14-;/t19-,20-,21-,27+,29+,30-;/m0./s1. The van der Waals surface area contributed by atoms with Gasteiger partial charge in [0, 0.05) is 23.3 Å². The van der Waals surface area contributed by atoms with Crippen LogP contribution in [0.4, 0.5) is 0 Å². The molecule has 2 N–H and O–H groups in total. The van der Waals surface area contributed by atoms with E-state index in [4.69, 9.17) is 46.2 Å². The molecule has 0 saturated heterocycles. The first-order valence-corrected chi connectivity index (χ1v) is 16.1. The van der Waals surface area contributed by atoms with Crippen LogP contribution < -0.4 is 15.7 Å². The molecule has 6 atom stereocenters. The normalized spacial score (nSPS) is 29.1. The van der Waals surface area contributed by atoms with Crippen LogP contribution in [0, 0.1) is 12.8 Å². The molecule has 11 heteroatoms. The number of rotatable bonds is 8. The third-order valence-corrected chi connectivity index (χ3v) is 9.82. The van der Waals surface area contributed by atoms with E-state index >= 15 is 0 Å². The molecule has 0 amide bonds. The minimum absolute atomic E-state index is 0. The largest absolute Gasteiger partial charge is 4.00 e. The number of aromatic nitrogens is 1. The van der Waals surface area contributed by atoms with E-state index in [0.29, 0.717) is 18.2 Å². The van der Waals surface area contributed by atoms with Gasteiger partial charge in [0.1, 0.15) is 0 Å². The number of carbonyl (C=O) groups is 2. The van der Waals surface area contributed by atoms with Gasteiger partial charge < -0.3 is 31.1 Å². The molecular formula is C34H40FeN4O4S2. The molecule has 240 valence electrons. The first-order chi connectivity index (χ1) is 20.8. The number of nitrogens with zero attached hydrogens (tertiary/aromatic N) is 4. The quantitative estimate of drug-likeness (QED) is 0.209. The van der Waals surface area contributed by atoms with E-state index < -0.39 is 11.9 Å². The number of thiol groups is 2. The van der Waals surface area contributed by atoms with Gasteiger partial charge in [0.25, 0.3) is 0 Å². The molecule has 0 radical (unpaired) electrons. The molecule has 1 aromatic heterocycles. The monoisotopic (exact) mass is 688 g/mol. The molecule has 0 spiro atoms. The van der Waals surface area contributed by atoms with Gasteiger partial charge in [-0.2, -0.15) is 25.3 Å². The van der Waals surface area contributed by atoms with Crippen molar-refractivity contribution < 1.29 is 36.9 Å². The van der Waals surface area contributed by atoms with E-state index in [-0.39, 0.29) is 64.5 Å². The van der Waals surface area contributed by atoms with Crippen molar-refractivity contribution >= 4 is 49.3 Å². The summed E-state index contributed by atoms with van der Waals surface area (Å²) in [5.41, 5.74) is 9.66. The second kappa shape index (κ2) is 14.0. The molecule has 5 rings (SSSR count). The van der Waals surface area contributed by atoms with Crippen molar-refractivity contribution in [3.05, 3.63) is 94.9 Å². The van der Waals surface area contributed by atoms with Gasteiger partial charge in [-0.25, -0.2) is 0 Å². The average Bonchev–Trinajstić information content (AvgIpc) is 3.59. The predicted octanol–water partition coefficient (Wildman–Crippen LogP) is 5.60. The maximum Gasteiger partial charge on any atom is 4.00 e. The Labute approximate surface area is 286 Å². The number of carboxylic acids is 2. The molecule has 0 saturated carbocycles. The van der Waals surface area contributed by atoms with Gasteiger partial charge in [-0.05, 0) is 60.3 Å². The Morgan fingerprint density at radius 2 is 1.40 bits per heavy atom. The second-order valence-electron chi connectivity index (χ2n) is 12.2. The van der Waals surface area contributed by atoms with E-state index in [1.54, 1.807) is 0 Å². The van der Waals surface area contributed by atoms with Crippen LogP contribution in [0.5, 0.6) is 0 Å². The van der Waals surface area contributed by atoms with Crippen LogP contribution in [0.1, 0.15) is 65.0 Å². The minimum Gasteiger partial charge on any atom is -0.678 e. The van der Waals surface area contributed by atoms with Gasteiger partial charge in [0.15, 0.2) is 0 Å². The summed E-state index contributed by atoms with van der Waals surface area (Å²) in [4.78, 5) is 28.2. The van der Waals surface area contributed by atoms with Crippen LogP contribution in [0.15, 0.2) is 57.1 Å². The van der Waals surface area contributed by atoms with Crippen LogP contribution in [0.25, 0.3) is 28.1 Å². The van der Waals surface area contributed by atoms with Crippen LogP contribution in [0.3, 0.4) is 0 Å². The molecule has 1 aromatic rings. The Morgan fingerprint density at radius 1 is 0.822 bits per heavy atom. The summed E-state index contributed by atoms with van der Waals surface area (Å²) in [5.74, 6) is -1.86. The summed E-state index contributed by atoms with van der Waals surface area (Å²) in [6.07, 6.45) is 8.93. The average molecular weight is 689 g/mol. The first kappa shape index (κ1) is 35.1. The Hall–Kier alpha value is -2.72. The summed E-state index contributed by atoms with van der Waals surface area (Å²) in [6, 6.07) is -0.850. The number of carboxylic acid groups (broad SMARTS) is 2. The zero-order chi connectivity index (χ0) is 32.0. The Kier molecular flexibility index (Phi) is 10.9. The van der Waals surface area contributed by atoms with E-state index in [1.807, 2.05) is 32.9 Å². The van der Waals surface area contributed by atoms with Gasteiger partial charge in [0.05, 0.1) is 0 Å². The second-order valence-corrected chi connectivity index (χ2v) is 13.7. The van der Waals surface area contributed by atoms with Crippen LogP contribution >= 0.6 is 25.3 Å². The van der Waals surface area contributed by atoms with Crippen molar-refractivity contribution in [3.8, 4) is 0 Å². The van der Waals surface area contributed by atoms with Gasteiger partial charge in [-0.15, -0.1) is 46.0 Å². The van der Waals surface area contributed by atoms with Crippen LogP contribution in [-0.2, 0) is 33.1 Å². The maximum atomic E-state index is 11.6. The van der Waals surface area contributed by atoms with Crippen molar-refractivity contribution in [2.24, 2.45) is 5.92 Å². The first-order valence-electron chi connectivity index (χ1n) is 15.1. The van der Waals surface area contributed by atoms with Crippen molar-refractivity contribution in [2.75, 3.05) is 0 Å². The summed E-state index contributed by atoms with van der Waals surface area (Å²) >= 11 is 9.65. The molecule has 0 fully saturated rings. The number of allylic oxidation sites excluding steroid dienone is 3. The van der Waals surface area contributed by atoms with Gasteiger partial charge in [0.2, 0.25) is 0 Å². The molecular weight excluding hydrogens is 648 g/mol. The Balaban J connectivity index is 0.00000461. The Morgan fingerprint density at radius 3 is 2.00 bits per heavy atom. The summed E-state index contributed by atoms with van der Waals surface area (Å²) in [6.45, 7) is 12.2. The van der Waals surface area contributed by atoms with Gasteiger partial charge in [-0.1, -0.05) is 63.2 Å². The topological polar surface area (TPSA) is 131 Å². The smallest absolute Gasteiger partial charge is 0.678 e.